The molecule has 2 heteroatoms. The van der Waals surface area contributed by atoms with Crippen molar-refractivity contribution in [2.24, 2.45) is 11.3 Å². The molecule has 0 saturated heterocycles. The molecule has 2 atom stereocenters. The van der Waals surface area contributed by atoms with E-state index in [1.54, 1.807) is 0 Å². The summed E-state index contributed by atoms with van der Waals surface area (Å²) in [5, 5.41) is 3.85. The highest BCUT2D eigenvalue weighted by Gasteiger charge is 2.39. The van der Waals surface area contributed by atoms with Crippen LogP contribution in [0, 0.1) is 11.3 Å². The Labute approximate surface area is 113 Å². The van der Waals surface area contributed by atoms with E-state index in [4.69, 9.17) is 4.74 Å². The van der Waals surface area contributed by atoms with Crippen LogP contribution in [0.3, 0.4) is 0 Å². The SMILES string of the molecule is COC1(CNC2CCCCC2C(C)(C)C)CCC1. The van der Waals surface area contributed by atoms with Crippen LogP contribution in [0.25, 0.3) is 0 Å². The van der Waals surface area contributed by atoms with Gasteiger partial charge in [-0.1, -0.05) is 33.6 Å². The van der Waals surface area contributed by atoms with Crippen LogP contribution in [0.5, 0.6) is 0 Å². The average Bonchev–Trinajstić information content (AvgIpc) is 2.27. The summed E-state index contributed by atoms with van der Waals surface area (Å²) in [5.74, 6) is 0.820. The van der Waals surface area contributed by atoms with E-state index in [1.165, 1.54) is 44.9 Å². The second-order valence-corrected chi connectivity index (χ2v) is 7.49. The molecule has 0 aromatic carbocycles. The fourth-order valence-corrected chi connectivity index (χ4v) is 3.75. The highest BCUT2D eigenvalue weighted by molar-refractivity contribution is 4.95. The van der Waals surface area contributed by atoms with Gasteiger partial charge >= 0.3 is 0 Å². The number of hydrogen-bond acceptors (Lipinski definition) is 2. The fourth-order valence-electron chi connectivity index (χ4n) is 3.75. The molecular weight excluding hydrogens is 222 g/mol. The van der Waals surface area contributed by atoms with Gasteiger partial charge in [-0.15, -0.1) is 0 Å². The van der Waals surface area contributed by atoms with E-state index >= 15 is 0 Å². The smallest absolute Gasteiger partial charge is 0.0802 e. The van der Waals surface area contributed by atoms with Crippen LogP contribution in [-0.2, 0) is 4.74 Å². The normalized spacial score (nSPS) is 32.0. The lowest BCUT2D eigenvalue weighted by atomic mass is 9.69. The first kappa shape index (κ1) is 14.3. The van der Waals surface area contributed by atoms with E-state index < -0.39 is 0 Å². The molecule has 0 aromatic heterocycles. The Kier molecular flexibility index (Phi) is 4.38. The van der Waals surface area contributed by atoms with E-state index in [-0.39, 0.29) is 5.60 Å². The topological polar surface area (TPSA) is 21.3 Å². The lowest BCUT2D eigenvalue weighted by molar-refractivity contribution is -0.0737. The van der Waals surface area contributed by atoms with Crippen molar-refractivity contribution in [3.8, 4) is 0 Å². The van der Waals surface area contributed by atoms with Gasteiger partial charge in [-0.05, 0) is 43.4 Å². The van der Waals surface area contributed by atoms with Crippen LogP contribution in [0.1, 0.15) is 65.7 Å². The molecule has 106 valence electrons. The Balaban J connectivity index is 1.89. The van der Waals surface area contributed by atoms with Gasteiger partial charge in [-0.25, -0.2) is 0 Å². The van der Waals surface area contributed by atoms with Gasteiger partial charge in [0.05, 0.1) is 5.60 Å². The molecule has 2 unspecified atom stereocenters. The number of methoxy groups -OCH3 is 1. The van der Waals surface area contributed by atoms with Crippen LogP contribution in [-0.4, -0.2) is 25.3 Å². The molecule has 0 amide bonds. The first-order valence-electron chi connectivity index (χ1n) is 7.75. The molecule has 0 radical (unpaired) electrons. The summed E-state index contributed by atoms with van der Waals surface area (Å²) in [6.45, 7) is 8.24. The van der Waals surface area contributed by atoms with E-state index in [0.717, 1.165) is 12.5 Å². The molecule has 0 heterocycles. The highest BCUT2D eigenvalue weighted by atomic mass is 16.5. The van der Waals surface area contributed by atoms with Crippen LogP contribution >= 0.6 is 0 Å². The minimum atomic E-state index is 0.167. The van der Waals surface area contributed by atoms with Crippen LogP contribution in [0.2, 0.25) is 0 Å². The Bertz CT molecular complexity index is 259. The van der Waals surface area contributed by atoms with Crippen molar-refractivity contribution < 1.29 is 4.74 Å². The zero-order chi connectivity index (χ0) is 13.2. The minimum absolute atomic E-state index is 0.167. The average molecular weight is 253 g/mol. The molecular formula is C16H31NO. The van der Waals surface area contributed by atoms with Gasteiger partial charge in [0.15, 0.2) is 0 Å². The Hall–Kier alpha value is -0.0800. The predicted molar refractivity (Wildman–Crippen MR) is 76.8 cm³/mol. The van der Waals surface area contributed by atoms with Gasteiger partial charge in [0.1, 0.15) is 0 Å². The fraction of sp³-hybridized carbons (Fsp3) is 1.00. The largest absolute Gasteiger partial charge is 0.377 e. The van der Waals surface area contributed by atoms with Crippen molar-refractivity contribution in [3.63, 3.8) is 0 Å². The third-order valence-electron chi connectivity index (χ3n) is 5.26. The maximum atomic E-state index is 5.72. The lowest BCUT2D eigenvalue weighted by Crippen LogP contribution is -2.53. The molecule has 2 rings (SSSR count). The highest BCUT2D eigenvalue weighted by Crippen LogP contribution is 2.39. The van der Waals surface area contributed by atoms with Gasteiger partial charge in [0, 0.05) is 19.7 Å². The zero-order valence-electron chi connectivity index (χ0n) is 12.7. The maximum Gasteiger partial charge on any atom is 0.0802 e. The van der Waals surface area contributed by atoms with Crippen molar-refractivity contribution in [2.45, 2.75) is 77.4 Å². The second kappa shape index (κ2) is 5.50. The first-order valence-corrected chi connectivity index (χ1v) is 7.75. The molecule has 0 aliphatic heterocycles. The third kappa shape index (κ3) is 3.08. The summed E-state index contributed by atoms with van der Waals surface area (Å²) in [6.07, 6.45) is 9.36. The third-order valence-corrected chi connectivity index (χ3v) is 5.26. The summed E-state index contributed by atoms with van der Waals surface area (Å²) in [6, 6.07) is 0.700. The second-order valence-electron chi connectivity index (χ2n) is 7.49. The summed E-state index contributed by atoms with van der Waals surface area (Å²) in [4.78, 5) is 0. The monoisotopic (exact) mass is 253 g/mol. The number of nitrogens with one attached hydrogen (secondary N) is 1. The van der Waals surface area contributed by atoms with Crippen LogP contribution < -0.4 is 5.32 Å². The minimum Gasteiger partial charge on any atom is -0.377 e. The quantitative estimate of drug-likeness (QED) is 0.824. The lowest BCUT2D eigenvalue weighted by Gasteiger charge is -2.45. The van der Waals surface area contributed by atoms with Gasteiger partial charge in [0.25, 0.3) is 0 Å². The molecule has 0 bridgehead atoms. The Morgan fingerprint density at radius 2 is 1.78 bits per heavy atom. The van der Waals surface area contributed by atoms with Crippen LogP contribution in [0.15, 0.2) is 0 Å². The maximum absolute atomic E-state index is 5.72. The molecule has 2 nitrogen and oxygen atoms in total. The predicted octanol–water partition coefficient (Wildman–Crippen LogP) is 3.75. The standard InChI is InChI=1S/C16H31NO/c1-15(2,3)13-8-5-6-9-14(13)17-12-16(18-4)10-7-11-16/h13-14,17H,5-12H2,1-4H3. The number of ether oxygens (including phenoxy) is 1. The van der Waals surface area contributed by atoms with Gasteiger partial charge in [0.2, 0.25) is 0 Å². The molecule has 0 aromatic rings. The number of hydrogen-bond donors (Lipinski definition) is 1. The van der Waals surface area contributed by atoms with Crippen molar-refractivity contribution in [1.82, 2.24) is 5.32 Å². The van der Waals surface area contributed by atoms with Gasteiger partial charge in [-0.2, -0.15) is 0 Å². The van der Waals surface area contributed by atoms with Crippen molar-refractivity contribution in [2.75, 3.05) is 13.7 Å². The molecule has 2 saturated carbocycles. The number of rotatable bonds is 4. The summed E-state index contributed by atoms with van der Waals surface area (Å²) < 4.78 is 5.72. The summed E-state index contributed by atoms with van der Waals surface area (Å²) >= 11 is 0. The molecule has 1 N–H and O–H groups in total. The van der Waals surface area contributed by atoms with E-state index in [0.29, 0.717) is 11.5 Å². The first-order chi connectivity index (χ1) is 8.47. The van der Waals surface area contributed by atoms with E-state index in [9.17, 15) is 0 Å². The van der Waals surface area contributed by atoms with Crippen molar-refractivity contribution in [1.29, 1.82) is 0 Å². The molecule has 2 aliphatic rings. The summed E-state index contributed by atoms with van der Waals surface area (Å²) in [7, 11) is 1.88. The molecule has 18 heavy (non-hydrogen) atoms. The Morgan fingerprint density at radius 1 is 1.11 bits per heavy atom. The van der Waals surface area contributed by atoms with Gasteiger partial charge in [-0.3, -0.25) is 0 Å². The molecule has 2 fully saturated rings. The van der Waals surface area contributed by atoms with E-state index in [2.05, 4.69) is 26.1 Å². The molecule has 2 aliphatic carbocycles. The van der Waals surface area contributed by atoms with Gasteiger partial charge < -0.3 is 10.1 Å². The van der Waals surface area contributed by atoms with Crippen molar-refractivity contribution in [3.05, 3.63) is 0 Å². The molecule has 0 spiro atoms. The zero-order valence-corrected chi connectivity index (χ0v) is 12.7. The van der Waals surface area contributed by atoms with Crippen LogP contribution in [0.4, 0.5) is 0 Å². The van der Waals surface area contributed by atoms with Crippen molar-refractivity contribution >= 4 is 0 Å². The van der Waals surface area contributed by atoms with E-state index in [1.807, 2.05) is 7.11 Å². The Morgan fingerprint density at radius 3 is 2.28 bits per heavy atom. The summed E-state index contributed by atoms with van der Waals surface area (Å²) in [5.41, 5.74) is 0.595.